The van der Waals surface area contributed by atoms with Crippen LogP contribution in [0.3, 0.4) is 0 Å². The van der Waals surface area contributed by atoms with E-state index in [1.54, 1.807) is 0 Å². The van der Waals surface area contributed by atoms with E-state index in [0.29, 0.717) is 6.04 Å². The van der Waals surface area contributed by atoms with Gasteiger partial charge in [0.2, 0.25) is 0 Å². The van der Waals surface area contributed by atoms with Crippen LogP contribution in [0.5, 0.6) is 0 Å². The Bertz CT molecular complexity index is 284. The normalized spacial score (nSPS) is 26.2. The van der Waals surface area contributed by atoms with E-state index in [9.17, 15) is 4.79 Å². The van der Waals surface area contributed by atoms with Gasteiger partial charge in [-0.1, -0.05) is 12.8 Å². The number of carbonyl (C=O) groups excluding carboxylic acids is 1. The van der Waals surface area contributed by atoms with Crippen LogP contribution in [-0.2, 0) is 0 Å². The van der Waals surface area contributed by atoms with Crippen LogP contribution in [0.15, 0.2) is 0 Å². The first kappa shape index (κ1) is 12.7. The molecule has 0 radical (unpaired) electrons. The number of hydrogen-bond acceptors (Lipinski definition) is 2. The molecule has 2 fully saturated rings. The molecule has 2 aliphatic rings. The fourth-order valence-corrected chi connectivity index (χ4v) is 2.75. The van der Waals surface area contributed by atoms with Crippen LogP contribution in [0.1, 0.15) is 39.5 Å². The minimum absolute atomic E-state index is 0.0886. The highest BCUT2D eigenvalue weighted by molar-refractivity contribution is 5.74. The molecule has 2 amide bonds. The highest BCUT2D eigenvalue weighted by Gasteiger charge is 2.33. The molecule has 0 spiro atoms. The van der Waals surface area contributed by atoms with Gasteiger partial charge in [-0.3, -0.25) is 4.90 Å². The van der Waals surface area contributed by atoms with Gasteiger partial charge in [-0.05, 0) is 33.7 Å². The minimum atomic E-state index is 0.0886. The molecule has 1 saturated heterocycles. The van der Waals surface area contributed by atoms with Crippen LogP contribution in [0.25, 0.3) is 0 Å². The first-order chi connectivity index (χ1) is 7.99. The van der Waals surface area contributed by atoms with E-state index in [2.05, 4.69) is 31.1 Å². The van der Waals surface area contributed by atoms with Crippen molar-refractivity contribution < 1.29 is 4.79 Å². The van der Waals surface area contributed by atoms with Gasteiger partial charge in [0.05, 0.1) is 0 Å². The average molecular weight is 239 g/mol. The number of urea groups is 1. The highest BCUT2D eigenvalue weighted by atomic mass is 16.2. The molecule has 0 aromatic rings. The maximum Gasteiger partial charge on any atom is 0.317 e. The Balaban J connectivity index is 1.87. The fraction of sp³-hybridized carbons (Fsp3) is 0.923. The van der Waals surface area contributed by atoms with Gasteiger partial charge in [0, 0.05) is 31.2 Å². The molecular weight excluding hydrogens is 214 g/mol. The number of amides is 2. The zero-order chi connectivity index (χ0) is 12.5. The second-order valence-electron chi connectivity index (χ2n) is 6.09. The third-order valence-corrected chi connectivity index (χ3v) is 4.29. The van der Waals surface area contributed by atoms with Crippen molar-refractivity contribution in [3.63, 3.8) is 0 Å². The third kappa shape index (κ3) is 2.92. The lowest BCUT2D eigenvalue weighted by atomic mass is 10.00. The number of carbonyl (C=O) groups is 1. The number of nitrogens with zero attached hydrogens (tertiary/aromatic N) is 2. The van der Waals surface area contributed by atoms with Gasteiger partial charge in [-0.15, -0.1) is 0 Å². The van der Waals surface area contributed by atoms with Gasteiger partial charge in [-0.2, -0.15) is 0 Å². The van der Waals surface area contributed by atoms with Crippen molar-refractivity contribution in [1.82, 2.24) is 15.1 Å². The van der Waals surface area contributed by atoms with E-state index in [0.717, 1.165) is 32.5 Å². The number of nitrogens with one attached hydrogen (secondary N) is 1. The van der Waals surface area contributed by atoms with E-state index in [1.165, 1.54) is 12.8 Å². The molecule has 1 saturated carbocycles. The Kier molecular flexibility index (Phi) is 3.61. The van der Waals surface area contributed by atoms with E-state index < -0.39 is 0 Å². The molecule has 0 atom stereocenters. The second-order valence-corrected chi connectivity index (χ2v) is 6.09. The zero-order valence-corrected chi connectivity index (χ0v) is 11.3. The van der Waals surface area contributed by atoms with Gasteiger partial charge >= 0.3 is 6.03 Å². The molecular formula is C13H25N3O. The lowest BCUT2D eigenvalue weighted by molar-refractivity contribution is 0.0563. The Morgan fingerprint density at radius 2 is 1.88 bits per heavy atom. The molecule has 0 bridgehead atoms. The summed E-state index contributed by atoms with van der Waals surface area (Å²) >= 11 is 0. The molecule has 1 aliphatic heterocycles. The maximum atomic E-state index is 12.1. The van der Waals surface area contributed by atoms with E-state index in [-0.39, 0.29) is 11.6 Å². The predicted octanol–water partition coefficient (Wildman–Crippen LogP) is 1.66. The monoisotopic (exact) mass is 239 g/mol. The molecule has 0 aromatic heterocycles. The van der Waals surface area contributed by atoms with Crippen molar-refractivity contribution in [2.24, 2.45) is 0 Å². The van der Waals surface area contributed by atoms with Crippen LogP contribution < -0.4 is 5.32 Å². The topological polar surface area (TPSA) is 35.6 Å². The quantitative estimate of drug-likeness (QED) is 0.755. The Morgan fingerprint density at radius 3 is 2.47 bits per heavy atom. The molecule has 2 rings (SSSR count). The standard InChI is InChI=1S/C13H25N3O/c1-13(2)10-16(9-8-15(13)3)12(17)14-11-6-4-5-7-11/h11H,4-10H2,1-3H3,(H,14,17). The number of rotatable bonds is 1. The molecule has 17 heavy (non-hydrogen) atoms. The summed E-state index contributed by atoms with van der Waals surface area (Å²) in [5, 5.41) is 3.17. The molecule has 1 heterocycles. The van der Waals surface area contributed by atoms with E-state index in [1.807, 2.05) is 4.90 Å². The Morgan fingerprint density at radius 1 is 1.24 bits per heavy atom. The summed E-state index contributed by atoms with van der Waals surface area (Å²) in [6, 6.07) is 0.559. The van der Waals surface area contributed by atoms with Crippen LogP contribution in [0.4, 0.5) is 4.79 Å². The molecule has 1 aliphatic carbocycles. The molecule has 4 nitrogen and oxygen atoms in total. The molecule has 4 heteroatoms. The highest BCUT2D eigenvalue weighted by Crippen LogP contribution is 2.21. The Hall–Kier alpha value is -0.770. The lowest BCUT2D eigenvalue weighted by Gasteiger charge is -2.45. The molecule has 0 unspecified atom stereocenters. The van der Waals surface area contributed by atoms with Crippen LogP contribution in [-0.4, -0.2) is 54.1 Å². The van der Waals surface area contributed by atoms with Crippen molar-refractivity contribution in [3.05, 3.63) is 0 Å². The molecule has 98 valence electrons. The summed E-state index contributed by atoms with van der Waals surface area (Å²) in [4.78, 5) is 16.4. The largest absolute Gasteiger partial charge is 0.335 e. The number of hydrogen-bond donors (Lipinski definition) is 1. The van der Waals surface area contributed by atoms with Gasteiger partial charge in [0.15, 0.2) is 0 Å². The summed E-state index contributed by atoms with van der Waals surface area (Å²) in [6.45, 7) is 7.02. The summed E-state index contributed by atoms with van der Waals surface area (Å²) in [6.07, 6.45) is 4.84. The minimum Gasteiger partial charge on any atom is -0.335 e. The first-order valence-electron chi connectivity index (χ1n) is 6.76. The van der Waals surface area contributed by atoms with Crippen molar-refractivity contribution in [1.29, 1.82) is 0 Å². The molecule has 1 N–H and O–H groups in total. The third-order valence-electron chi connectivity index (χ3n) is 4.29. The summed E-state index contributed by atoms with van der Waals surface area (Å²) in [7, 11) is 2.13. The van der Waals surface area contributed by atoms with Crippen molar-refractivity contribution in [2.45, 2.75) is 51.1 Å². The number of likely N-dealkylation sites (N-methyl/N-ethyl adjacent to an activating group) is 1. The molecule has 0 aromatic carbocycles. The van der Waals surface area contributed by atoms with E-state index in [4.69, 9.17) is 0 Å². The average Bonchev–Trinajstić information content (AvgIpc) is 2.74. The predicted molar refractivity (Wildman–Crippen MR) is 69.1 cm³/mol. The summed E-state index contributed by atoms with van der Waals surface area (Å²) in [5.41, 5.74) is 0.0886. The smallest absolute Gasteiger partial charge is 0.317 e. The van der Waals surface area contributed by atoms with Gasteiger partial charge in [0.25, 0.3) is 0 Å². The van der Waals surface area contributed by atoms with Gasteiger partial charge in [-0.25, -0.2) is 4.79 Å². The van der Waals surface area contributed by atoms with Crippen molar-refractivity contribution in [2.75, 3.05) is 26.7 Å². The van der Waals surface area contributed by atoms with Crippen LogP contribution in [0, 0.1) is 0 Å². The lowest BCUT2D eigenvalue weighted by Crippen LogP contribution is -2.61. The maximum absolute atomic E-state index is 12.1. The van der Waals surface area contributed by atoms with Crippen molar-refractivity contribution >= 4 is 6.03 Å². The first-order valence-corrected chi connectivity index (χ1v) is 6.76. The van der Waals surface area contributed by atoms with Crippen molar-refractivity contribution in [3.8, 4) is 0 Å². The SMILES string of the molecule is CN1CCN(C(=O)NC2CCCC2)CC1(C)C. The van der Waals surface area contributed by atoms with Crippen LogP contribution in [0.2, 0.25) is 0 Å². The fourth-order valence-electron chi connectivity index (χ4n) is 2.75. The number of piperazine rings is 1. The van der Waals surface area contributed by atoms with Gasteiger partial charge in [0.1, 0.15) is 0 Å². The second kappa shape index (κ2) is 4.84. The summed E-state index contributed by atoms with van der Waals surface area (Å²) < 4.78 is 0. The van der Waals surface area contributed by atoms with E-state index >= 15 is 0 Å². The zero-order valence-electron chi connectivity index (χ0n) is 11.3. The summed E-state index contributed by atoms with van der Waals surface area (Å²) in [5.74, 6) is 0. The van der Waals surface area contributed by atoms with Gasteiger partial charge < -0.3 is 10.2 Å². The Labute approximate surface area is 104 Å². The van der Waals surface area contributed by atoms with Crippen LogP contribution >= 0.6 is 0 Å².